The summed E-state index contributed by atoms with van der Waals surface area (Å²) in [6, 6.07) is 12.1. The van der Waals surface area contributed by atoms with E-state index in [9.17, 15) is 14.9 Å². The summed E-state index contributed by atoms with van der Waals surface area (Å²) in [5.74, 6) is -0.423. The van der Waals surface area contributed by atoms with Gasteiger partial charge in [0.25, 0.3) is 11.6 Å². The topological polar surface area (TPSA) is 77.5 Å². The lowest BCUT2D eigenvalue weighted by molar-refractivity contribution is -0.384. The van der Waals surface area contributed by atoms with Crippen molar-refractivity contribution < 1.29 is 9.72 Å². The van der Waals surface area contributed by atoms with Crippen LogP contribution in [-0.2, 0) is 7.05 Å². The fourth-order valence-corrected chi connectivity index (χ4v) is 5.02. The van der Waals surface area contributed by atoms with Crippen molar-refractivity contribution in [3.63, 3.8) is 0 Å². The number of amides is 1. The molecular weight excluding hydrogens is 394 g/mol. The van der Waals surface area contributed by atoms with Gasteiger partial charge in [-0.1, -0.05) is 41.1 Å². The van der Waals surface area contributed by atoms with Crippen LogP contribution in [0.15, 0.2) is 47.5 Å². The number of thiazole rings is 1. The summed E-state index contributed by atoms with van der Waals surface area (Å²) in [6.45, 7) is 0. The van der Waals surface area contributed by atoms with Crippen LogP contribution in [0.3, 0.4) is 0 Å². The number of carbonyl (C=O) groups is 1. The van der Waals surface area contributed by atoms with E-state index in [4.69, 9.17) is 11.6 Å². The van der Waals surface area contributed by atoms with E-state index < -0.39 is 10.8 Å². The molecule has 1 amide bonds. The summed E-state index contributed by atoms with van der Waals surface area (Å²) in [5.41, 5.74) is 0.648. The minimum Gasteiger partial charge on any atom is -0.319 e. The highest BCUT2D eigenvalue weighted by atomic mass is 35.5. The maximum atomic E-state index is 12.7. The molecule has 4 rings (SSSR count). The molecule has 0 fully saturated rings. The second kappa shape index (κ2) is 6.31. The number of rotatable bonds is 2. The summed E-state index contributed by atoms with van der Waals surface area (Å²) in [7, 11) is 1.72. The fourth-order valence-electron chi connectivity index (χ4n) is 2.62. The highest BCUT2D eigenvalue weighted by Gasteiger charge is 2.17. The Balaban J connectivity index is 1.84. The maximum absolute atomic E-state index is 12.7. The first-order valence-corrected chi connectivity index (χ1v) is 9.47. The van der Waals surface area contributed by atoms with E-state index in [1.165, 1.54) is 34.8 Å². The van der Waals surface area contributed by atoms with Gasteiger partial charge in [-0.2, -0.15) is 4.99 Å². The van der Waals surface area contributed by atoms with Gasteiger partial charge in [-0.05, 0) is 12.1 Å². The minimum atomic E-state index is -0.448. The number of aromatic nitrogens is 1. The Bertz CT molecular complexity index is 1270. The van der Waals surface area contributed by atoms with Gasteiger partial charge in [0.05, 0.1) is 20.2 Å². The first-order valence-electron chi connectivity index (χ1n) is 7.46. The molecule has 6 nitrogen and oxygen atoms in total. The molecule has 2 aromatic heterocycles. The number of nitrogens with zero attached hydrogens (tertiary/aromatic N) is 3. The van der Waals surface area contributed by atoms with Gasteiger partial charge < -0.3 is 4.57 Å². The maximum Gasteiger partial charge on any atom is 0.291 e. The van der Waals surface area contributed by atoms with Crippen LogP contribution < -0.4 is 4.80 Å². The van der Waals surface area contributed by atoms with Crippen molar-refractivity contribution in [2.75, 3.05) is 0 Å². The normalized spacial score (nSPS) is 12.2. The number of hydrogen-bond donors (Lipinski definition) is 0. The molecule has 0 radical (unpaired) electrons. The first-order chi connectivity index (χ1) is 12.5. The van der Waals surface area contributed by atoms with Crippen LogP contribution in [0.5, 0.6) is 0 Å². The van der Waals surface area contributed by atoms with Crippen LogP contribution in [0.2, 0.25) is 5.02 Å². The van der Waals surface area contributed by atoms with Crippen molar-refractivity contribution in [1.29, 1.82) is 0 Å². The Hall–Kier alpha value is -2.55. The summed E-state index contributed by atoms with van der Waals surface area (Å²) in [4.78, 5) is 28.2. The van der Waals surface area contributed by atoms with Crippen molar-refractivity contribution in [1.82, 2.24) is 4.57 Å². The zero-order valence-electron chi connectivity index (χ0n) is 13.3. The lowest BCUT2D eigenvalue weighted by Gasteiger charge is -1.96. The molecule has 0 aliphatic carbocycles. The molecule has 0 aliphatic heterocycles. The SMILES string of the molecule is Cn1c(=NC(=O)c2sc3ccccc3c2Cl)sc2ccc([N+](=O)[O-])cc21. The van der Waals surface area contributed by atoms with Crippen molar-refractivity contribution in [2.45, 2.75) is 0 Å². The van der Waals surface area contributed by atoms with Gasteiger partial charge in [0.1, 0.15) is 4.88 Å². The molecule has 0 saturated carbocycles. The molecule has 0 N–H and O–H groups in total. The fraction of sp³-hybridized carbons (Fsp3) is 0.0588. The lowest BCUT2D eigenvalue weighted by Crippen LogP contribution is -2.13. The minimum absolute atomic E-state index is 0.00340. The third kappa shape index (κ3) is 2.72. The summed E-state index contributed by atoms with van der Waals surface area (Å²) in [6.07, 6.45) is 0. The van der Waals surface area contributed by atoms with E-state index in [0.29, 0.717) is 20.2 Å². The zero-order valence-corrected chi connectivity index (χ0v) is 15.7. The quantitative estimate of drug-likeness (QED) is 0.357. The van der Waals surface area contributed by atoms with Gasteiger partial charge in [-0.25, -0.2) is 0 Å². The van der Waals surface area contributed by atoms with Gasteiger partial charge in [0.2, 0.25) is 0 Å². The monoisotopic (exact) mass is 403 g/mol. The summed E-state index contributed by atoms with van der Waals surface area (Å²) >= 11 is 8.94. The standard InChI is InChI=1S/C17H10ClN3O3S2/c1-20-11-8-9(21(23)24)6-7-13(11)26-17(20)19-16(22)15-14(18)10-4-2-3-5-12(10)25-15/h2-8H,1H3. The van der Waals surface area contributed by atoms with E-state index in [-0.39, 0.29) is 5.69 Å². The molecule has 0 aliphatic rings. The van der Waals surface area contributed by atoms with E-state index in [2.05, 4.69) is 4.99 Å². The second-order valence-electron chi connectivity index (χ2n) is 5.51. The van der Waals surface area contributed by atoms with Gasteiger partial charge in [0.15, 0.2) is 4.80 Å². The molecule has 26 heavy (non-hydrogen) atoms. The Morgan fingerprint density at radius 2 is 1.96 bits per heavy atom. The molecule has 2 aromatic carbocycles. The number of thiophene rings is 1. The first kappa shape index (κ1) is 16.9. The van der Waals surface area contributed by atoms with E-state index in [0.717, 1.165) is 14.8 Å². The third-order valence-electron chi connectivity index (χ3n) is 3.93. The van der Waals surface area contributed by atoms with Gasteiger partial charge in [-0.15, -0.1) is 11.3 Å². The average molecular weight is 404 g/mol. The Morgan fingerprint density at radius 3 is 2.69 bits per heavy atom. The van der Waals surface area contributed by atoms with Crippen molar-refractivity contribution in [3.8, 4) is 0 Å². The molecule has 0 bridgehead atoms. The van der Waals surface area contributed by atoms with Gasteiger partial charge in [0, 0.05) is 29.3 Å². The van der Waals surface area contributed by atoms with Gasteiger partial charge in [-0.3, -0.25) is 14.9 Å². The predicted molar refractivity (Wildman–Crippen MR) is 104 cm³/mol. The van der Waals surface area contributed by atoms with Crippen LogP contribution in [0.25, 0.3) is 20.3 Å². The third-order valence-corrected chi connectivity index (χ3v) is 6.71. The van der Waals surface area contributed by atoms with Gasteiger partial charge >= 0.3 is 0 Å². The van der Waals surface area contributed by atoms with Crippen LogP contribution in [-0.4, -0.2) is 15.4 Å². The highest BCUT2D eigenvalue weighted by Crippen LogP contribution is 2.35. The zero-order chi connectivity index (χ0) is 18.4. The number of benzene rings is 2. The molecule has 9 heteroatoms. The highest BCUT2D eigenvalue weighted by molar-refractivity contribution is 7.21. The predicted octanol–water partition coefficient (Wildman–Crippen LogP) is 4.76. The second-order valence-corrected chi connectivity index (χ2v) is 7.95. The van der Waals surface area contributed by atoms with Crippen molar-refractivity contribution in [2.24, 2.45) is 12.0 Å². The molecule has 0 atom stereocenters. The molecule has 0 spiro atoms. The molecule has 0 saturated heterocycles. The number of halogens is 1. The average Bonchev–Trinajstić information content (AvgIpc) is 3.13. The van der Waals surface area contributed by atoms with E-state index in [1.807, 2.05) is 24.3 Å². The summed E-state index contributed by atoms with van der Waals surface area (Å²) in [5, 5.41) is 12.2. The molecule has 2 heterocycles. The van der Waals surface area contributed by atoms with Crippen molar-refractivity contribution in [3.05, 3.63) is 67.3 Å². The molecule has 130 valence electrons. The number of carbonyl (C=O) groups excluding carboxylic acids is 1. The van der Waals surface area contributed by atoms with Crippen LogP contribution in [0, 0.1) is 10.1 Å². The molecule has 0 unspecified atom stereocenters. The smallest absolute Gasteiger partial charge is 0.291 e. The number of nitro groups is 1. The Kier molecular flexibility index (Phi) is 4.10. The van der Waals surface area contributed by atoms with E-state index in [1.54, 1.807) is 17.7 Å². The number of aryl methyl sites for hydroxylation is 1. The Morgan fingerprint density at radius 1 is 1.19 bits per heavy atom. The van der Waals surface area contributed by atoms with Crippen LogP contribution in [0.1, 0.15) is 9.67 Å². The van der Waals surface area contributed by atoms with Crippen LogP contribution >= 0.6 is 34.3 Å². The summed E-state index contributed by atoms with van der Waals surface area (Å²) < 4.78 is 3.41. The number of nitro benzene ring substituents is 1. The largest absolute Gasteiger partial charge is 0.319 e. The van der Waals surface area contributed by atoms with E-state index >= 15 is 0 Å². The van der Waals surface area contributed by atoms with Crippen molar-refractivity contribution >= 4 is 66.2 Å². The lowest BCUT2D eigenvalue weighted by atomic mass is 10.2. The van der Waals surface area contributed by atoms with Crippen LogP contribution in [0.4, 0.5) is 5.69 Å². The molecular formula is C17H10ClN3O3S2. The molecule has 4 aromatic rings. The number of fused-ring (bicyclic) bond motifs is 2. The Labute approximate surface area is 159 Å². The number of hydrogen-bond acceptors (Lipinski definition) is 5. The number of non-ortho nitro benzene ring substituents is 1.